The molecule has 1 atom stereocenters. The molecule has 6 nitrogen and oxygen atoms in total. The molecule has 1 aliphatic rings. The number of rotatable bonds is 4. The number of fused-ring (bicyclic) bond motifs is 1. The van der Waals surface area contributed by atoms with Crippen LogP contribution in [-0.4, -0.2) is 40.2 Å². The highest BCUT2D eigenvalue weighted by molar-refractivity contribution is 6.04. The molecule has 1 amide bonds. The molecule has 0 aliphatic carbocycles. The first-order chi connectivity index (χ1) is 12.7. The zero-order chi connectivity index (χ0) is 17.9. The number of likely N-dealkylation sites (tertiary alicyclic amines) is 1. The lowest BCUT2D eigenvalue weighted by Crippen LogP contribution is -2.39. The van der Waals surface area contributed by atoms with Gasteiger partial charge in [0.2, 0.25) is 0 Å². The Morgan fingerprint density at radius 2 is 1.88 bits per heavy atom. The lowest BCUT2D eigenvalue weighted by molar-refractivity contribution is 0.0686. The van der Waals surface area contributed by atoms with E-state index in [1.807, 2.05) is 54.6 Å². The van der Waals surface area contributed by atoms with Crippen LogP contribution in [0.3, 0.4) is 0 Å². The molecule has 2 heterocycles. The summed E-state index contributed by atoms with van der Waals surface area (Å²) in [5.41, 5.74) is 7.51. The summed E-state index contributed by atoms with van der Waals surface area (Å²) >= 11 is 0. The summed E-state index contributed by atoms with van der Waals surface area (Å²) in [5, 5.41) is 8.99. The number of nitrogen functional groups attached to an aromatic ring is 1. The molecular weight excluding hydrogens is 328 g/mol. The van der Waals surface area contributed by atoms with Crippen LogP contribution in [0.5, 0.6) is 5.75 Å². The van der Waals surface area contributed by atoms with Crippen LogP contribution in [0.25, 0.3) is 10.9 Å². The van der Waals surface area contributed by atoms with Crippen molar-refractivity contribution in [2.24, 2.45) is 0 Å². The fraction of sp³-hybridized carbons (Fsp3) is 0.250. The van der Waals surface area contributed by atoms with Gasteiger partial charge in [0.15, 0.2) is 5.69 Å². The third kappa shape index (κ3) is 3.06. The van der Waals surface area contributed by atoms with Crippen molar-refractivity contribution in [3.05, 3.63) is 60.3 Å². The maximum Gasteiger partial charge on any atom is 0.276 e. The number of hydrogen-bond donors (Lipinski definition) is 1. The van der Waals surface area contributed by atoms with Crippen molar-refractivity contribution in [2.75, 3.05) is 18.9 Å². The van der Waals surface area contributed by atoms with Gasteiger partial charge in [-0.1, -0.05) is 36.4 Å². The molecule has 0 spiro atoms. The van der Waals surface area contributed by atoms with Crippen LogP contribution in [0.2, 0.25) is 0 Å². The second kappa shape index (κ2) is 7.00. The second-order valence-corrected chi connectivity index (χ2v) is 6.40. The molecule has 2 N–H and O–H groups in total. The minimum Gasteiger partial charge on any atom is -0.491 e. The Labute approximate surface area is 151 Å². The molecule has 6 heteroatoms. The molecular formula is C20H20N4O2. The number of anilines is 1. The molecule has 4 rings (SSSR count). The third-order valence-corrected chi connectivity index (χ3v) is 4.73. The zero-order valence-corrected chi connectivity index (χ0v) is 14.3. The van der Waals surface area contributed by atoms with Crippen molar-refractivity contribution in [1.82, 2.24) is 15.1 Å². The molecule has 1 fully saturated rings. The fourth-order valence-electron chi connectivity index (χ4n) is 3.35. The highest BCUT2D eigenvalue weighted by Gasteiger charge is 2.32. The number of hydrogen-bond acceptors (Lipinski definition) is 5. The smallest absolute Gasteiger partial charge is 0.276 e. The van der Waals surface area contributed by atoms with Crippen LogP contribution >= 0.6 is 0 Å². The van der Waals surface area contributed by atoms with Gasteiger partial charge in [-0.15, -0.1) is 10.2 Å². The van der Waals surface area contributed by atoms with Crippen molar-refractivity contribution in [3.8, 4) is 5.75 Å². The summed E-state index contributed by atoms with van der Waals surface area (Å²) in [6, 6.07) is 17.1. The van der Waals surface area contributed by atoms with Crippen molar-refractivity contribution in [3.63, 3.8) is 0 Å². The number of para-hydroxylation sites is 1. The Morgan fingerprint density at radius 3 is 2.73 bits per heavy atom. The number of carbonyl (C=O) groups excluding carboxylic acids is 1. The normalized spacial score (nSPS) is 16.8. The zero-order valence-electron chi connectivity index (χ0n) is 14.3. The van der Waals surface area contributed by atoms with Crippen LogP contribution < -0.4 is 10.5 Å². The largest absolute Gasteiger partial charge is 0.491 e. The number of nitrogens with two attached hydrogens (primary N) is 1. The lowest BCUT2D eigenvalue weighted by atomic mass is 10.1. The van der Waals surface area contributed by atoms with Gasteiger partial charge in [-0.25, -0.2) is 0 Å². The lowest BCUT2D eigenvalue weighted by Gasteiger charge is -2.25. The molecule has 1 aliphatic heterocycles. The van der Waals surface area contributed by atoms with E-state index in [0.29, 0.717) is 24.4 Å². The maximum atomic E-state index is 13.0. The van der Waals surface area contributed by atoms with Crippen molar-refractivity contribution in [2.45, 2.75) is 18.9 Å². The van der Waals surface area contributed by atoms with Gasteiger partial charge in [-0.3, -0.25) is 4.79 Å². The van der Waals surface area contributed by atoms with E-state index in [1.165, 1.54) is 0 Å². The average Bonchev–Trinajstić information content (AvgIpc) is 3.16. The Hall–Kier alpha value is -3.15. The van der Waals surface area contributed by atoms with Crippen LogP contribution in [0, 0.1) is 0 Å². The number of nitrogens with zero attached hydrogens (tertiary/aromatic N) is 3. The first-order valence-corrected chi connectivity index (χ1v) is 8.74. The van der Waals surface area contributed by atoms with Crippen molar-refractivity contribution < 1.29 is 9.53 Å². The van der Waals surface area contributed by atoms with Gasteiger partial charge < -0.3 is 15.4 Å². The number of benzene rings is 2. The van der Waals surface area contributed by atoms with E-state index in [1.54, 1.807) is 4.90 Å². The number of amides is 1. The molecule has 26 heavy (non-hydrogen) atoms. The summed E-state index contributed by atoms with van der Waals surface area (Å²) in [7, 11) is 0. The van der Waals surface area contributed by atoms with Crippen LogP contribution in [-0.2, 0) is 0 Å². The van der Waals surface area contributed by atoms with E-state index < -0.39 is 0 Å². The van der Waals surface area contributed by atoms with E-state index in [0.717, 1.165) is 24.0 Å². The molecule has 1 aromatic heterocycles. The maximum absolute atomic E-state index is 13.0. The summed E-state index contributed by atoms with van der Waals surface area (Å²) < 4.78 is 5.85. The summed E-state index contributed by atoms with van der Waals surface area (Å²) in [6.45, 7) is 1.13. The van der Waals surface area contributed by atoms with Gasteiger partial charge in [-0.05, 0) is 31.0 Å². The van der Waals surface area contributed by atoms with Gasteiger partial charge >= 0.3 is 0 Å². The number of ether oxygens (including phenoxy) is 1. The number of aromatic nitrogens is 2. The molecule has 132 valence electrons. The Bertz CT molecular complexity index is 930. The summed E-state index contributed by atoms with van der Waals surface area (Å²) in [5.74, 6) is 0.622. The van der Waals surface area contributed by atoms with Crippen LogP contribution in [0.1, 0.15) is 23.3 Å². The standard InChI is InChI=1S/C20H20N4O2/c21-18-16-10-4-5-11-17(16)22-23-19(18)20(25)24-12-6-7-14(24)13-26-15-8-2-1-3-9-15/h1-5,8-11,14H,6-7,12-13H2,(H2,21,22). The summed E-state index contributed by atoms with van der Waals surface area (Å²) in [6.07, 6.45) is 1.84. The van der Waals surface area contributed by atoms with Gasteiger partial charge in [0.05, 0.1) is 17.2 Å². The highest BCUT2D eigenvalue weighted by atomic mass is 16.5. The van der Waals surface area contributed by atoms with Crippen molar-refractivity contribution >= 4 is 22.5 Å². The molecule has 0 radical (unpaired) electrons. The Kier molecular flexibility index (Phi) is 4.39. The minimum absolute atomic E-state index is 0.00961. The van der Waals surface area contributed by atoms with E-state index >= 15 is 0 Å². The molecule has 1 unspecified atom stereocenters. The average molecular weight is 348 g/mol. The van der Waals surface area contributed by atoms with Gasteiger partial charge in [0.25, 0.3) is 5.91 Å². The Morgan fingerprint density at radius 1 is 1.12 bits per heavy atom. The number of carbonyl (C=O) groups is 1. The second-order valence-electron chi connectivity index (χ2n) is 6.40. The predicted octanol–water partition coefficient (Wildman–Crippen LogP) is 2.90. The van der Waals surface area contributed by atoms with Gasteiger partial charge in [0.1, 0.15) is 12.4 Å². The topological polar surface area (TPSA) is 81.3 Å². The van der Waals surface area contributed by atoms with Crippen LogP contribution in [0.15, 0.2) is 54.6 Å². The Balaban J connectivity index is 1.54. The first-order valence-electron chi connectivity index (χ1n) is 8.74. The van der Waals surface area contributed by atoms with Gasteiger partial charge in [-0.2, -0.15) is 0 Å². The van der Waals surface area contributed by atoms with Crippen molar-refractivity contribution in [1.29, 1.82) is 0 Å². The van der Waals surface area contributed by atoms with E-state index in [2.05, 4.69) is 10.2 Å². The highest BCUT2D eigenvalue weighted by Crippen LogP contribution is 2.26. The monoisotopic (exact) mass is 348 g/mol. The molecule has 0 bridgehead atoms. The van der Waals surface area contributed by atoms with E-state index in [-0.39, 0.29) is 17.6 Å². The molecule has 1 saturated heterocycles. The van der Waals surface area contributed by atoms with Crippen LogP contribution in [0.4, 0.5) is 5.69 Å². The third-order valence-electron chi connectivity index (χ3n) is 4.73. The predicted molar refractivity (Wildman–Crippen MR) is 99.9 cm³/mol. The quantitative estimate of drug-likeness (QED) is 0.784. The summed E-state index contributed by atoms with van der Waals surface area (Å²) in [4.78, 5) is 14.8. The van der Waals surface area contributed by atoms with Gasteiger partial charge in [0, 0.05) is 11.9 Å². The fourth-order valence-corrected chi connectivity index (χ4v) is 3.35. The van der Waals surface area contributed by atoms with E-state index in [4.69, 9.17) is 10.5 Å². The minimum atomic E-state index is -0.181. The van der Waals surface area contributed by atoms with E-state index in [9.17, 15) is 4.79 Å². The molecule has 2 aromatic carbocycles. The molecule has 3 aromatic rings. The first kappa shape index (κ1) is 16.3. The SMILES string of the molecule is Nc1c(C(=O)N2CCCC2COc2ccccc2)nnc2ccccc12. The molecule has 0 saturated carbocycles.